The van der Waals surface area contributed by atoms with E-state index >= 15 is 0 Å². The molecular formula is C24H38O3. The number of aliphatic hydroxyl groups excluding tert-OH is 2. The zero-order chi connectivity index (χ0) is 19.4. The number of hydrogen-bond acceptors (Lipinski definition) is 3. The first-order valence-electron chi connectivity index (χ1n) is 11.3. The Balaban J connectivity index is 1.62. The summed E-state index contributed by atoms with van der Waals surface area (Å²) in [5.74, 6) is 2.88. The van der Waals surface area contributed by atoms with Gasteiger partial charge in [0.1, 0.15) is 0 Å². The average Bonchev–Trinajstić information content (AvgIpc) is 2.98. The standard InChI is InChI=1S/C24H38O3/c1-15(5-4-12-25)18-6-7-19-22-20(9-11-24(18,19)3)23(2)10-8-17(26)13-16(23)14-21(22)27/h14-15,17-20,22,25-26H,4-13H2,1-3H3/t15-,17-,18-,19+,20+,22+,23-,24-/m0/s1. The van der Waals surface area contributed by atoms with E-state index in [2.05, 4.69) is 20.8 Å². The minimum atomic E-state index is -0.259. The van der Waals surface area contributed by atoms with Gasteiger partial charge in [-0.2, -0.15) is 0 Å². The van der Waals surface area contributed by atoms with Crippen LogP contribution in [-0.4, -0.2) is 28.7 Å². The fraction of sp³-hybridized carbons (Fsp3) is 0.875. The summed E-state index contributed by atoms with van der Waals surface area (Å²) in [5, 5.41) is 19.4. The Kier molecular flexibility index (Phi) is 5.08. The third kappa shape index (κ3) is 2.95. The van der Waals surface area contributed by atoms with E-state index in [1.54, 1.807) is 0 Å². The van der Waals surface area contributed by atoms with Gasteiger partial charge in [-0.1, -0.05) is 26.3 Å². The van der Waals surface area contributed by atoms with Crippen molar-refractivity contribution in [3.05, 3.63) is 11.6 Å². The Morgan fingerprint density at radius 3 is 2.67 bits per heavy atom. The van der Waals surface area contributed by atoms with E-state index in [1.807, 2.05) is 6.08 Å². The van der Waals surface area contributed by atoms with Gasteiger partial charge in [0, 0.05) is 12.5 Å². The van der Waals surface area contributed by atoms with E-state index in [0.717, 1.165) is 32.1 Å². The largest absolute Gasteiger partial charge is 0.396 e. The molecule has 0 aromatic heterocycles. The van der Waals surface area contributed by atoms with Crippen molar-refractivity contribution in [2.75, 3.05) is 6.61 Å². The molecule has 3 fully saturated rings. The second-order valence-corrected chi connectivity index (χ2v) is 10.7. The molecule has 0 heterocycles. The van der Waals surface area contributed by atoms with Crippen LogP contribution in [0.4, 0.5) is 0 Å². The smallest absolute Gasteiger partial charge is 0.159 e. The predicted molar refractivity (Wildman–Crippen MR) is 107 cm³/mol. The van der Waals surface area contributed by atoms with Crippen LogP contribution in [0.5, 0.6) is 0 Å². The highest BCUT2D eigenvalue weighted by molar-refractivity contribution is 5.94. The van der Waals surface area contributed by atoms with Crippen LogP contribution >= 0.6 is 0 Å². The molecule has 3 nitrogen and oxygen atoms in total. The maximum absolute atomic E-state index is 13.3. The second kappa shape index (κ2) is 6.99. The average molecular weight is 375 g/mol. The highest BCUT2D eigenvalue weighted by Gasteiger charge is 2.61. The van der Waals surface area contributed by atoms with Crippen molar-refractivity contribution in [1.82, 2.24) is 0 Å². The van der Waals surface area contributed by atoms with Crippen molar-refractivity contribution in [2.45, 2.75) is 84.7 Å². The second-order valence-electron chi connectivity index (χ2n) is 10.7. The van der Waals surface area contributed by atoms with Crippen LogP contribution in [0.3, 0.4) is 0 Å². The van der Waals surface area contributed by atoms with Crippen LogP contribution < -0.4 is 0 Å². The highest BCUT2D eigenvalue weighted by Crippen LogP contribution is 2.66. The van der Waals surface area contributed by atoms with Crippen molar-refractivity contribution >= 4 is 5.78 Å². The molecular weight excluding hydrogens is 336 g/mol. The fourth-order valence-corrected chi connectivity index (χ4v) is 7.97. The summed E-state index contributed by atoms with van der Waals surface area (Å²) in [7, 11) is 0. The molecule has 0 spiro atoms. The van der Waals surface area contributed by atoms with Gasteiger partial charge in [0.2, 0.25) is 0 Å². The summed E-state index contributed by atoms with van der Waals surface area (Å²) in [6, 6.07) is 0. The Morgan fingerprint density at radius 1 is 1.15 bits per heavy atom. The lowest BCUT2D eigenvalue weighted by Gasteiger charge is -2.57. The van der Waals surface area contributed by atoms with Crippen LogP contribution in [-0.2, 0) is 4.79 Å². The summed E-state index contributed by atoms with van der Waals surface area (Å²) in [6.07, 6.45) is 11.2. The van der Waals surface area contributed by atoms with Gasteiger partial charge in [0.25, 0.3) is 0 Å². The molecule has 3 heteroatoms. The highest BCUT2D eigenvalue weighted by atomic mass is 16.3. The van der Waals surface area contributed by atoms with Gasteiger partial charge in [-0.05, 0) is 98.4 Å². The molecule has 0 amide bonds. The number of carbonyl (C=O) groups excluding carboxylic acids is 1. The number of rotatable bonds is 4. The van der Waals surface area contributed by atoms with E-state index in [9.17, 15) is 15.0 Å². The van der Waals surface area contributed by atoms with Crippen molar-refractivity contribution in [3.63, 3.8) is 0 Å². The van der Waals surface area contributed by atoms with E-state index < -0.39 is 0 Å². The Labute approximate surface area is 164 Å². The Hall–Kier alpha value is -0.670. The normalized spacial score (nSPS) is 47.7. The molecule has 0 bridgehead atoms. The van der Waals surface area contributed by atoms with Gasteiger partial charge in [0.05, 0.1) is 6.10 Å². The predicted octanol–water partition coefficient (Wildman–Crippen LogP) is 4.51. The molecule has 27 heavy (non-hydrogen) atoms. The molecule has 8 atom stereocenters. The van der Waals surface area contributed by atoms with E-state index in [0.29, 0.717) is 35.9 Å². The number of ketones is 1. The maximum atomic E-state index is 13.3. The Bertz CT molecular complexity index is 625. The van der Waals surface area contributed by atoms with Gasteiger partial charge >= 0.3 is 0 Å². The maximum Gasteiger partial charge on any atom is 0.159 e. The summed E-state index contributed by atoms with van der Waals surface area (Å²) < 4.78 is 0. The molecule has 0 radical (unpaired) electrons. The Morgan fingerprint density at radius 2 is 1.93 bits per heavy atom. The summed E-state index contributed by atoms with van der Waals surface area (Å²) in [5.41, 5.74) is 1.64. The van der Waals surface area contributed by atoms with Crippen LogP contribution in [0.15, 0.2) is 11.6 Å². The molecule has 3 saturated carbocycles. The molecule has 4 aliphatic rings. The lowest BCUT2D eigenvalue weighted by atomic mass is 9.46. The lowest BCUT2D eigenvalue weighted by molar-refractivity contribution is -0.135. The number of aliphatic hydroxyl groups is 2. The minimum Gasteiger partial charge on any atom is -0.396 e. The quantitative estimate of drug-likeness (QED) is 0.761. The summed E-state index contributed by atoms with van der Waals surface area (Å²) in [6.45, 7) is 7.51. The first-order valence-corrected chi connectivity index (χ1v) is 11.3. The zero-order valence-electron chi connectivity index (χ0n) is 17.4. The molecule has 4 rings (SSSR count). The molecule has 2 N–H and O–H groups in total. The van der Waals surface area contributed by atoms with Crippen molar-refractivity contribution in [1.29, 1.82) is 0 Å². The van der Waals surface area contributed by atoms with Gasteiger partial charge < -0.3 is 10.2 Å². The number of fused-ring (bicyclic) bond motifs is 5. The molecule has 0 aromatic rings. The molecule has 152 valence electrons. The molecule has 0 saturated heterocycles. The summed E-state index contributed by atoms with van der Waals surface area (Å²) in [4.78, 5) is 13.3. The third-order valence-corrected chi connectivity index (χ3v) is 9.50. The minimum absolute atomic E-state index is 0.125. The van der Waals surface area contributed by atoms with Crippen LogP contribution in [0.1, 0.15) is 78.6 Å². The van der Waals surface area contributed by atoms with Gasteiger partial charge in [-0.25, -0.2) is 0 Å². The number of carbonyl (C=O) groups is 1. The van der Waals surface area contributed by atoms with Gasteiger partial charge in [0.15, 0.2) is 5.78 Å². The van der Waals surface area contributed by atoms with E-state index in [1.165, 1.54) is 24.8 Å². The van der Waals surface area contributed by atoms with Gasteiger partial charge in [-0.15, -0.1) is 0 Å². The molecule has 0 aromatic carbocycles. The molecule has 4 aliphatic carbocycles. The summed E-state index contributed by atoms with van der Waals surface area (Å²) >= 11 is 0. The van der Waals surface area contributed by atoms with Crippen LogP contribution in [0, 0.1) is 40.4 Å². The van der Waals surface area contributed by atoms with E-state index in [-0.39, 0.29) is 29.5 Å². The SMILES string of the molecule is C[C@@H](CCCO)[C@@H]1CC[C@@H]2[C@H]3C(=O)C=C4C[C@@H](O)CC[C@]4(C)[C@@H]3CC[C@]21C. The molecule has 0 aliphatic heterocycles. The monoisotopic (exact) mass is 374 g/mol. The lowest BCUT2D eigenvalue weighted by Crippen LogP contribution is -2.53. The fourth-order valence-electron chi connectivity index (χ4n) is 7.97. The van der Waals surface area contributed by atoms with E-state index in [4.69, 9.17) is 0 Å². The van der Waals surface area contributed by atoms with Crippen LogP contribution in [0.2, 0.25) is 0 Å². The van der Waals surface area contributed by atoms with Crippen molar-refractivity contribution in [2.24, 2.45) is 40.4 Å². The third-order valence-electron chi connectivity index (χ3n) is 9.50. The van der Waals surface area contributed by atoms with Crippen molar-refractivity contribution in [3.8, 4) is 0 Å². The topological polar surface area (TPSA) is 57.5 Å². The number of allylic oxidation sites excluding steroid dienone is 1. The first-order chi connectivity index (χ1) is 12.8. The molecule has 0 unspecified atom stereocenters. The van der Waals surface area contributed by atoms with Crippen molar-refractivity contribution < 1.29 is 15.0 Å². The first kappa shape index (κ1) is 19.6. The zero-order valence-corrected chi connectivity index (χ0v) is 17.4. The van der Waals surface area contributed by atoms with Gasteiger partial charge in [-0.3, -0.25) is 4.79 Å². The van der Waals surface area contributed by atoms with Crippen LogP contribution in [0.25, 0.3) is 0 Å². The number of hydrogen-bond donors (Lipinski definition) is 2.